The van der Waals surface area contributed by atoms with Gasteiger partial charge in [-0.15, -0.1) is 0 Å². The number of amides is 4. The topological polar surface area (TPSA) is 94.2 Å². The van der Waals surface area contributed by atoms with Crippen molar-refractivity contribution < 1.29 is 19.1 Å². The summed E-state index contributed by atoms with van der Waals surface area (Å²) in [6, 6.07) is 15.3. The Labute approximate surface area is 206 Å². The Morgan fingerprint density at radius 1 is 1.06 bits per heavy atom. The standard InChI is InChI=1S/C26H33N5O4/c1-4-31-24-23(18(3)28-31)30(17-22(32)27-20-13-9-10-14-21(20)35-5-2)26(34)29(25(24)33)16-15-19-11-7-6-8-12-19/h6-14,18,23-24,28H,4-5,15-17H2,1-3H3,(H,27,32). The first-order valence-electron chi connectivity index (χ1n) is 12.1. The average Bonchev–Trinajstić information content (AvgIpc) is 3.20. The molecule has 3 atom stereocenters. The number of benzene rings is 2. The molecule has 2 aromatic rings. The van der Waals surface area contributed by atoms with Gasteiger partial charge in [0.1, 0.15) is 18.3 Å². The first-order chi connectivity index (χ1) is 16.9. The number of fused-ring (bicyclic) bond motifs is 1. The minimum Gasteiger partial charge on any atom is -0.492 e. The number of rotatable bonds is 9. The third-order valence-electron chi connectivity index (χ3n) is 6.48. The molecule has 0 spiro atoms. The van der Waals surface area contributed by atoms with Gasteiger partial charge in [0.15, 0.2) is 0 Å². The molecule has 0 aliphatic carbocycles. The normalized spacial score (nSPS) is 22.3. The highest BCUT2D eigenvalue weighted by Gasteiger charge is 2.54. The Morgan fingerprint density at radius 3 is 2.49 bits per heavy atom. The van der Waals surface area contributed by atoms with Crippen molar-refractivity contribution in [2.45, 2.75) is 45.3 Å². The van der Waals surface area contributed by atoms with E-state index >= 15 is 0 Å². The number of urea groups is 1. The first-order valence-corrected chi connectivity index (χ1v) is 12.1. The molecule has 0 radical (unpaired) electrons. The number of ether oxygens (including phenoxy) is 1. The molecule has 2 saturated heterocycles. The molecule has 9 heteroatoms. The molecule has 4 rings (SSSR count). The summed E-state index contributed by atoms with van der Waals surface area (Å²) in [5.41, 5.74) is 4.90. The molecule has 2 N–H and O–H groups in total. The number of likely N-dealkylation sites (N-methyl/N-ethyl adjacent to an activating group) is 1. The van der Waals surface area contributed by atoms with Crippen LogP contribution in [-0.4, -0.2) is 77.0 Å². The van der Waals surface area contributed by atoms with Gasteiger partial charge in [-0.2, -0.15) is 0 Å². The molecule has 0 bridgehead atoms. The summed E-state index contributed by atoms with van der Waals surface area (Å²) in [7, 11) is 0. The fourth-order valence-electron chi connectivity index (χ4n) is 4.88. The van der Waals surface area contributed by atoms with Crippen molar-refractivity contribution >= 4 is 23.5 Å². The summed E-state index contributed by atoms with van der Waals surface area (Å²) in [5, 5.41) is 4.74. The summed E-state index contributed by atoms with van der Waals surface area (Å²) < 4.78 is 5.60. The lowest BCUT2D eigenvalue weighted by molar-refractivity contribution is -0.139. The van der Waals surface area contributed by atoms with E-state index in [4.69, 9.17) is 4.74 Å². The van der Waals surface area contributed by atoms with Crippen LogP contribution in [0.2, 0.25) is 0 Å². The second-order valence-corrected chi connectivity index (χ2v) is 8.75. The van der Waals surface area contributed by atoms with Crippen LogP contribution in [0, 0.1) is 0 Å². The number of nitrogens with zero attached hydrogens (tertiary/aromatic N) is 3. The Morgan fingerprint density at radius 2 is 1.77 bits per heavy atom. The van der Waals surface area contributed by atoms with Crippen LogP contribution in [-0.2, 0) is 16.0 Å². The predicted molar refractivity (Wildman–Crippen MR) is 133 cm³/mol. The SMILES string of the molecule is CCOc1ccccc1NC(=O)CN1C(=O)N(CCc2ccccc2)C(=O)C2C1C(C)NN2CC. The van der Waals surface area contributed by atoms with Crippen molar-refractivity contribution in [3.05, 3.63) is 60.2 Å². The number of hydrogen-bond acceptors (Lipinski definition) is 6. The molecule has 0 saturated carbocycles. The lowest BCUT2D eigenvalue weighted by Gasteiger charge is -2.43. The average molecular weight is 480 g/mol. The maximum atomic E-state index is 13.6. The number of para-hydroxylation sites is 2. The van der Waals surface area contributed by atoms with Crippen LogP contribution >= 0.6 is 0 Å². The quantitative estimate of drug-likeness (QED) is 0.574. The lowest BCUT2D eigenvalue weighted by Crippen LogP contribution is -2.67. The number of carbonyl (C=O) groups excluding carboxylic acids is 3. The number of hydrogen-bond donors (Lipinski definition) is 2. The second kappa shape index (κ2) is 10.9. The Hall–Kier alpha value is -3.43. The monoisotopic (exact) mass is 479 g/mol. The molecule has 2 aliphatic rings. The molecule has 0 aromatic heterocycles. The molecule has 3 unspecified atom stereocenters. The maximum absolute atomic E-state index is 13.6. The molecule has 4 amide bonds. The van der Waals surface area contributed by atoms with Crippen LogP contribution in [0.3, 0.4) is 0 Å². The molecule has 35 heavy (non-hydrogen) atoms. The van der Waals surface area contributed by atoms with E-state index in [1.165, 1.54) is 9.80 Å². The summed E-state index contributed by atoms with van der Waals surface area (Å²) >= 11 is 0. The number of imide groups is 1. The highest BCUT2D eigenvalue weighted by atomic mass is 16.5. The van der Waals surface area contributed by atoms with Gasteiger partial charge in [-0.05, 0) is 38.0 Å². The zero-order valence-corrected chi connectivity index (χ0v) is 20.4. The van der Waals surface area contributed by atoms with Crippen molar-refractivity contribution in [2.75, 3.05) is 31.6 Å². The van der Waals surface area contributed by atoms with Crippen LogP contribution in [0.5, 0.6) is 5.75 Å². The van der Waals surface area contributed by atoms with Gasteiger partial charge >= 0.3 is 6.03 Å². The highest BCUT2D eigenvalue weighted by Crippen LogP contribution is 2.29. The molecule has 2 fully saturated rings. The van der Waals surface area contributed by atoms with Crippen LogP contribution in [0.15, 0.2) is 54.6 Å². The van der Waals surface area contributed by atoms with E-state index in [9.17, 15) is 14.4 Å². The Balaban J connectivity index is 1.55. The molecular formula is C26H33N5O4. The van der Waals surface area contributed by atoms with Gasteiger partial charge in [0.2, 0.25) is 5.91 Å². The van der Waals surface area contributed by atoms with Gasteiger partial charge in [0.25, 0.3) is 5.91 Å². The first kappa shape index (κ1) is 24.7. The molecular weight excluding hydrogens is 446 g/mol. The van der Waals surface area contributed by atoms with Crippen molar-refractivity contribution in [1.82, 2.24) is 20.2 Å². The number of anilines is 1. The third-order valence-corrected chi connectivity index (χ3v) is 6.48. The van der Waals surface area contributed by atoms with E-state index in [1.807, 2.05) is 68.2 Å². The molecule has 186 valence electrons. The van der Waals surface area contributed by atoms with Crippen LogP contribution in [0.4, 0.5) is 10.5 Å². The summed E-state index contributed by atoms with van der Waals surface area (Å²) in [6.07, 6.45) is 0.548. The molecule has 2 aromatic carbocycles. The van der Waals surface area contributed by atoms with E-state index in [2.05, 4.69) is 10.7 Å². The Kier molecular flexibility index (Phi) is 7.67. The zero-order valence-electron chi connectivity index (χ0n) is 20.4. The largest absolute Gasteiger partial charge is 0.492 e. The number of nitrogens with one attached hydrogen (secondary N) is 2. The van der Waals surface area contributed by atoms with Gasteiger partial charge in [0.05, 0.1) is 18.3 Å². The van der Waals surface area contributed by atoms with Gasteiger partial charge in [0, 0.05) is 19.1 Å². The van der Waals surface area contributed by atoms with E-state index < -0.39 is 18.1 Å². The van der Waals surface area contributed by atoms with Crippen LogP contribution < -0.4 is 15.5 Å². The van der Waals surface area contributed by atoms with Crippen molar-refractivity contribution in [1.29, 1.82) is 0 Å². The molecule has 2 aliphatic heterocycles. The van der Waals surface area contributed by atoms with Crippen molar-refractivity contribution in [3.63, 3.8) is 0 Å². The number of hydrazine groups is 1. The van der Waals surface area contributed by atoms with E-state index in [0.29, 0.717) is 31.0 Å². The zero-order chi connectivity index (χ0) is 24.9. The fraction of sp³-hybridized carbons (Fsp3) is 0.423. The molecule has 9 nitrogen and oxygen atoms in total. The summed E-state index contributed by atoms with van der Waals surface area (Å²) in [6.45, 7) is 6.92. The number of carbonyl (C=O) groups is 3. The van der Waals surface area contributed by atoms with Gasteiger partial charge in [-0.3, -0.25) is 14.5 Å². The van der Waals surface area contributed by atoms with Crippen molar-refractivity contribution in [3.8, 4) is 5.75 Å². The predicted octanol–water partition coefficient (Wildman–Crippen LogP) is 2.50. The maximum Gasteiger partial charge on any atom is 0.327 e. The molecule has 2 heterocycles. The van der Waals surface area contributed by atoms with E-state index in [0.717, 1.165) is 5.56 Å². The van der Waals surface area contributed by atoms with E-state index in [1.54, 1.807) is 12.1 Å². The van der Waals surface area contributed by atoms with Gasteiger partial charge < -0.3 is 15.0 Å². The summed E-state index contributed by atoms with van der Waals surface area (Å²) in [5.74, 6) is -0.00402. The lowest BCUT2D eigenvalue weighted by atomic mass is 9.97. The minimum atomic E-state index is -0.549. The van der Waals surface area contributed by atoms with Gasteiger partial charge in [-0.25, -0.2) is 15.2 Å². The smallest absolute Gasteiger partial charge is 0.327 e. The Bertz CT molecular complexity index is 1060. The van der Waals surface area contributed by atoms with Crippen LogP contribution in [0.25, 0.3) is 0 Å². The highest BCUT2D eigenvalue weighted by molar-refractivity contribution is 6.03. The summed E-state index contributed by atoms with van der Waals surface area (Å²) in [4.78, 5) is 43.0. The minimum absolute atomic E-state index is 0.168. The van der Waals surface area contributed by atoms with Crippen LogP contribution in [0.1, 0.15) is 26.3 Å². The second-order valence-electron chi connectivity index (χ2n) is 8.75. The fourth-order valence-corrected chi connectivity index (χ4v) is 4.88. The van der Waals surface area contributed by atoms with Gasteiger partial charge in [-0.1, -0.05) is 49.4 Å². The van der Waals surface area contributed by atoms with Crippen molar-refractivity contribution in [2.24, 2.45) is 0 Å². The van der Waals surface area contributed by atoms with E-state index in [-0.39, 0.29) is 30.9 Å². The third kappa shape index (κ3) is 5.16.